The Morgan fingerprint density at radius 1 is 1.19 bits per heavy atom. The van der Waals surface area contributed by atoms with E-state index in [4.69, 9.17) is 10.2 Å². The fourth-order valence-corrected chi connectivity index (χ4v) is 1.51. The maximum absolute atomic E-state index is 11.9. The average Bonchev–Trinajstić information content (AvgIpc) is 2.39. The van der Waals surface area contributed by atoms with Gasteiger partial charge >= 0.3 is 12.0 Å². The normalized spacial score (nSPS) is 12.0. The van der Waals surface area contributed by atoms with Gasteiger partial charge in [0, 0.05) is 6.42 Å². The first-order chi connectivity index (χ1) is 9.79. The van der Waals surface area contributed by atoms with Gasteiger partial charge in [0.25, 0.3) is 6.43 Å². The topological polar surface area (TPSA) is 119 Å². The quantitative estimate of drug-likeness (QED) is 0.495. The number of phenolic OH excluding ortho intramolecular Hbond substituents is 2. The highest BCUT2D eigenvalue weighted by molar-refractivity contribution is 5.82. The number of rotatable bonds is 6. The van der Waals surface area contributed by atoms with Crippen molar-refractivity contribution in [1.82, 2.24) is 10.6 Å². The van der Waals surface area contributed by atoms with Gasteiger partial charge in [-0.25, -0.2) is 18.4 Å². The molecular weight excluding hydrogens is 290 g/mol. The molecule has 1 atom stereocenters. The number of carbonyl (C=O) groups excluding carboxylic acids is 1. The van der Waals surface area contributed by atoms with Crippen LogP contribution >= 0.6 is 0 Å². The number of aromatic hydroxyl groups is 2. The Kier molecular flexibility index (Phi) is 5.70. The summed E-state index contributed by atoms with van der Waals surface area (Å²) in [6, 6.07) is 1.27. The van der Waals surface area contributed by atoms with E-state index in [1.807, 2.05) is 10.6 Å². The number of benzene rings is 1. The van der Waals surface area contributed by atoms with Crippen molar-refractivity contribution in [3.63, 3.8) is 0 Å². The lowest BCUT2D eigenvalue weighted by molar-refractivity contribution is -0.139. The molecule has 5 N–H and O–H groups in total. The smallest absolute Gasteiger partial charge is 0.326 e. The first-order valence-corrected chi connectivity index (χ1v) is 5.85. The summed E-state index contributed by atoms with van der Waals surface area (Å²) in [7, 11) is 0. The van der Waals surface area contributed by atoms with Gasteiger partial charge in [0.05, 0.1) is 6.54 Å². The molecule has 0 fully saturated rings. The molecule has 0 aliphatic carbocycles. The summed E-state index contributed by atoms with van der Waals surface area (Å²) in [4.78, 5) is 22.3. The molecule has 1 aromatic rings. The molecule has 1 aromatic carbocycles. The van der Waals surface area contributed by atoms with Gasteiger partial charge in [-0.1, -0.05) is 6.07 Å². The molecule has 21 heavy (non-hydrogen) atoms. The van der Waals surface area contributed by atoms with Crippen LogP contribution in [-0.4, -0.2) is 46.3 Å². The molecule has 1 rings (SSSR count). The predicted octanol–water partition coefficient (Wildman–Crippen LogP) is 0.658. The largest absolute Gasteiger partial charge is 0.504 e. The highest BCUT2D eigenvalue weighted by Crippen LogP contribution is 2.25. The van der Waals surface area contributed by atoms with Crippen LogP contribution in [0.2, 0.25) is 0 Å². The van der Waals surface area contributed by atoms with E-state index in [9.17, 15) is 23.5 Å². The van der Waals surface area contributed by atoms with Gasteiger partial charge < -0.3 is 26.0 Å². The first kappa shape index (κ1) is 16.5. The summed E-state index contributed by atoms with van der Waals surface area (Å²) in [5, 5.41) is 31.3. The highest BCUT2D eigenvalue weighted by atomic mass is 19.3. The Labute approximate surface area is 118 Å². The second-order valence-electron chi connectivity index (χ2n) is 4.16. The zero-order chi connectivity index (χ0) is 16.0. The fraction of sp³-hybridized carbons (Fsp3) is 0.333. The molecule has 0 bridgehead atoms. The van der Waals surface area contributed by atoms with Crippen molar-refractivity contribution < 1.29 is 33.7 Å². The summed E-state index contributed by atoms with van der Waals surface area (Å²) in [5.74, 6) is -2.16. The number of carboxylic acids is 1. The predicted molar refractivity (Wildman–Crippen MR) is 67.4 cm³/mol. The third-order valence-corrected chi connectivity index (χ3v) is 2.50. The molecule has 0 aliphatic heterocycles. The number of alkyl halides is 2. The van der Waals surface area contributed by atoms with Crippen LogP contribution in [-0.2, 0) is 11.2 Å². The minimum absolute atomic E-state index is 0.189. The summed E-state index contributed by atoms with van der Waals surface area (Å²) in [6.07, 6.45) is -2.93. The number of urea groups is 1. The van der Waals surface area contributed by atoms with Crippen molar-refractivity contribution in [2.24, 2.45) is 0 Å². The number of hydrogen-bond donors (Lipinski definition) is 5. The summed E-state index contributed by atoms with van der Waals surface area (Å²) < 4.78 is 23.8. The summed E-state index contributed by atoms with van der Waals surface area (Å²) in [5.41, 5.74) is 0.340. The Bertz CT molecular complexity index is 524. The zero-order valence-electron chi connectivity index (χ0n) is 10.7. The molecule has 9 heteroatoms. The molecular formula is C12H14F2N2O5. The molecule has 0 aliphatic rings. The second-order valence-corrected chi connectivity index (χ2v) is 4.16. The molecule has 0 spiro atoms. The van der Waals surface area contributed by atoms with Crippen molar-refractivity contribution in [3.8, 4) is 11.5 Å². The average molecular weight is 304 g/mol. The maximum atomic E-state index is 11.9. The minimum Gasteiger partial charge on any atom is -0.504 e. The summed E-state index contributed by atoms with van der Waals surface area (Å²) >= 11 is 0. The van der Waals surface area contributed by atoms with Gasteiger partial charge in [0.2, 0.25) is 0 Å². The summed E-state index contributed by atoms with van der Waals surface area (Å²) in [6.45, 7) is -0.891. The molecule has 116 valence electrons. The van der Waals surface area contributed by atoms with Crippen molar-refractivity contribution >= 4 is 12.0 Å². The third-order valence-electron chi connectivity index (χ3n) is 2.50. The molecule has 0 radical (unpaired) electrons. The van der Waals surface area contributed by atoms with Gasteiger partial charge in [-0.05, 0) is 17.7 Å². The number of phenols is 2. The lowest BCUT2D eigenvalue weighted by Crippen LogP contribution is -2.48. The van der Waals surface area contributed by atoms with Gasteiger partial charge in [-0.2, -0.15) is 0 Å². The lowest BCUT2D eigenvalue weighted by Gasteiger charge is -2.15. The molecule has 0 aromatic heterocycles. The molecule has 0 unspecified atom stereocenters. The van der Waals surface area contributed by atoms with Crippen molar-refractivity contribution in [1.29, 1.82) is 0 Å². The van der Waals surface area contributed by atoms with E-state index in [-0.39, 0.29) is 12.2 Å². The highest BCUT2D eigenvalue weighted by Gasteiger charge is 2.21. The number of nitrogens with one attached hydrogen (secondary N) is 2. The van der Waals surface area contributed by atoms with Crippen LogP contribution in [0, 0.1) is 0 Å². The molecule has 2 amide bonds. The van der Waals surface area contributed by atoms with Crippen LogP contribution in [0.25, 0.3) is 0 Å². The van der Waals surface area contributed by atoms with E-state index in [1.165, 1.54) is 12.1 Å². The number of hydrogen-bond acceptors (Lipinski definition) is 4. The van der Waals surface area contributed by atoms with E-state index < -0.39 is 36.8 Å². The van der Waals surface area contributed by atoms with Crippen LogP contribution in [0.15, 0.2) is 18.2 Å². The SMILES string of the molecule is O=C(NCC(F)F)N[C@@H](Cc1ccc(O)c(O)c1)C(=O)O. The number of aliphatic carboxylic acids is 1. The van der Waals surface area contributed by atoms with E-state index in [0.717, 1.165) is 6.07 Å². The molecule has 0 saturated carbocycles. The number of carboxylic acid groups (broad SMARTS) is 1. The van der Waals surface area contributed by atoms with E-state index in [2.05, 4.69) is 0 Å². The maximum Gasteiger partial charge on any atom is 0.326 e. The van der Waals surface area contributed by atoms with Crippen LogP contribution < -0.4 is 10.6 Å². The van der Waals surface area contributed by atoms with Gasteiger partial charge in [-0.3, -0.25) is 0 Å². The van der Waals surface area contributed by atoms with Crippen LogP contribution in [0.4, 0.5) is 13.6 Å². The Hall–Kier alpha value is -2.58. The van der Waals surface area contributed by atoms with E-state index in [1.54, 1.807) is 0 Å². The standard InChI is InChI=1S/C12H14F2N2O5/c13-10(14)5-15-12(21)16-7(11(19)20)3-6-1-2-8(17)9(18)4-6/h1-2,4,7,10,17-18H,3,5H2,(H,19,20)(H2,15,16,21)/t7-/m0/s1. The number of amides is 2. The Morgan fingerprint density at radius 3 is 2.38 bits per heavy atom. The molecule has 0 heterocycles. The molecule has 0 saturated heterocycles. The molecule has 7 nitrogen and oxygen atoms in total. The Balaban J connectivity index is 2.67. The zero-order valence-corrected chi connectivity index (χ0v) is 10.7. The van der Waals surface area contributed by atoms with Crippen LogP contribution in [0.3, 0.4) is 0 Å². The number of halogens is 2. The number of carbonyl (C=O) groups is 2. The second kappa shape index (κ2) is 7.27. The van der Waals surface area contributed by atoms with Gasteiger partial charge in [-0.15, -0.1) is 0 Å². The lowest BCUT2D eigenvalue weighted by atomic mass is 10.1. The van der Waals surface area contributed by atoms with Crippen molar-refractivity contribution in [3.05, 3.63) is 23.8 Å². The van der Waals surface area contributed by atoms with Gasteiger partial charge in [0.1, 0.15) is 6.04 Å². The Morgan fingerprint density at radius 2 is 1.86 bits per heavy atom. The van der Waals surface area contributed by atoms with E-state index in [0.29, 0.717) is 5.56 Å². The minimum atomic E-state index is -2.74. The van der Waals surface area contributed by atoms with Crippen molar-refractivity contribution in [2.75, 3.05) is 6.54 Å². The van der Waals surface area contributed by atoms with Gasteiger partial charge in [0.15, 0.2) is 11.5 Å². The first-order valence-electron chi connectivity index (χ1n) is 5.85. The van der Waals surface area contributed by atoms with Crippen LogP contribution in [0.1, 0.15) is 5.56 Å². The van der Waals surface area contributed by atoms with Crippen molar-refractivity contribution in [2.45, 2.75) is 18.9 Å². The van der Waals surface area contributed by atoms with Crippen LogP contribution in [0.5, 0.6) is 11.5 Å². The fourth-order valence-electron chi connectivity index (χ4n) is 1.51. The van der Waals surface area contributed by atoms with E-state index >= 15 is 0 Å². The monoisotopic (exact) mass is 304 g/mol. The third kappa shape index (κ3) is 5.51.